The molecule has 0 saturated heterocycles. The summed E-state index contributed by atoms with van der Waals surface area (Å²) in [4.78, 5) is 0.741. The molecule has 3 aromatic heterocycles. The van der Waals surface area contributed by atoms with Gasteiger partial charge in [-0.15, -0.1) is 0 Å². The molecule has 0 atom stereocenters. The number of hydrogen-bond donors (Lipinski definition) is 0. The second-order valence-electron chi connectivity index (χ2n) is 5.61. The molecule has 0 aliphatic heterocycles. The molecule has 8 heteroatoms. The van der Waals surface area contributed by atoms with E-state index in [0.29, 0.717) is 16.0 Å². The molecule has 0 bridgehead atoms. The minimum absolute atomic E-state index is 0.139. The lowest BCUT2D eigenvalue weighted by molar-refractivity contribution is 0.491. The molecule has 3 heterocycles. The Labute approximate surface area is 151 Å². The maximum Gasteiger partial charge on any atom is 0.172 e. The number of nitrogens with zero attached hydrogens (tertiary/aromatic N) is 5. The number of aryl methyl sites for hydroxylation is 1. The summed E-state index contributed by atoms with van der Waals surface area (Å²) in [5, 5.41) is 17.7. The van der Waals surface area contributed by atoms with Gasteiger partial charge in [0.1, 0.15) is 6.07 Å². The normalized spacial score (nSPS) is 11.0. The number of nitriles is 1. The van der Waals surface area contributed by atoms with Crippen LogP contribution in [0.25, 0.3) is 16.6 Å². The SMILES string of the molecule is Cn1cc(-c2cc(Sc3cccc(F)c3F)c3c(C#N)cnn3c2)cn1. The number of benzene rings is 1. The molecule has 4 rings (SSSR count). The maximum absolute atomic E-state index is 14.1. The monoisotopic (exact) mass is 367 g/mol. The molecule has 0 radical (unpaired) electrons. The average molecular weight is 367 g/mol. The van der Waals surface area contributed by atoms with Crippen LogP contribution in [0.1, 0.15) is 5.56 Å². The van der Waals surface area contributed by atoms with E-state index in [9.17, 15) is 14.0 Å². The highest BCUT2D eigenvalue weighted by molar-refractivity contribution is 7.99. The van der Waals surface area contributed by atoms with Crippen LogP contribution in [0.2, 0.25) is 0 Å². The average Bonchev–Trinajstić information content (AvgIpc) is 3.25. The molecule has 1 aromatic carbocycles. The van der Waals surface area contributed by atoms with Gasteiger partial charge in [0.15, 0.2) is 11.6 Å². The largest absolute Gasteiger partial charge is 0.275 e. The summed E-state index contributed by atoms with van der Waals surface area (Å²) in [6, 6.07) is 7.93. The van der Waals surface area contributed by atoms with Gasteiger partial charge in [-0.1, -0.05) is 17.8 Å². The molecule has 5 nitrogen and oxygen atoms in total. The summed E-state index contributed by atoms with van der Waals surface area (Å²) in [5.41, 5.74) is 2.57. The second-order valence-corrected chi connectivity index (χ2v) is 6.70. The van der Waals surface area contributed by atoms with Gasteiger partial charge in [0.05, 0.1) is 28.4 Å². The molecule has 0 aliphatic carbocycles. The summed E-state index contributed by atoms with van der Waals surface area (Å²) in [5.74, 6) is -1.83. The van der Waals surface area contributed by atoms with E-state index in [0.717, 1.165) is 29.0 Å². The van der Waals surface area contributed by atoms with Crippen molar-refractivity contribution in [2.24, 2.45) is 7.05 Å². The van der Waals surface area contributed by atoms with Gasteiger partial charge < -0.3 is 0 Å². The lowest BCUT2D eigenvalue weighted by Crippen LogP contribution is -1.93. The van der Waals surface area contributed by atoms with E-state index in [1.807, 2.05) is 19.3 Å². The van der Waals surface area contributed by atoms with Crippen LogP contribution in [0, 0.1) is 23.0 Å². The van der Waals surface area contributed by atoms with Crippen molar-refractivity contribution >= 4 is 17.3 Å². The molecule has 128 valence electrons. The first-order chi connectivity index (χ1) is 12.6. The Morgan fingerprint density at radius 2 is 1.92 bits per heavy atom. The number of rotatable bonds is 3. The third kappa shape index (κ3) is 2.72. The van der Waals surface area contributed by atoms with E-state index < -0.39 is 11.6 Å². The quantitative estimate of drug-likeness (QED) is 0.548. The van der Waals surface area contributed by atoms with Crippen LogP contribution in [-0.4, -0.2) is 19.4 Å². The van der Waals surface area contributed by atoms with Crippen molar-refractivity contribution in [2.75, 3.05) is 0 Å². The summed E-state index contributed by atoms with van der Waals surface area (Å²) < 4.78 is 30.9. The molecule has 0 amide bonds. The summed E-state index contributed by atoms with van der Waals surface area (Å²) in [7, 11) is 1.81. The third-order valence-electron chi connectivity index (χ3n) is 3.87. The Bertz CT molecular complexity index is 1170. The van der Waals surface area contributed by atoms with Crippen molar-refractivity contribution in [2.45, 2.75) is 9.79 Å². The van der Waals surface area contributed by atoms with Crippen molar-refractivity contribution in [3.8, 4) is 17.2 Å². The van der Waals surface area contributed by atoms with Crippen LogP contribution in [0.4, 0.5) is 8.78 Å². The van der Waals surface area contributed by atoms with Crippen LogP contribution >= 0.6 is 11.8 Å². The van der Waals surface area contributed by atoms with Gasteiger partial charge >= 0.3 is 0 Å². The standard InChI is InChI=1S/C18H11F2N5S/c1-24-9-13(8-22-24)11-5-16(18-12(6-21)7-23-25(18)10-11)26-15-4-2-3-14(19)17(15)20/h2-5,7-10H,1H3. The summed E-state index contributed by atoms with van der Waals surface area (Å²) in [6.07, 6.45) is 6.77. The van der Waals surface area contributed by atoms with Crippen molar-refractivity contribution in [3.05, 3.63) is 66.3 Å². The molecule has 0 aliphatic rings. The van der Waals surface area contributed by atoms with Crippen LogP contribution < -0.4 is 0 Å². The number of aromatic nitrogens is 4. The van der Waals surface area contributed by atoms with Gasteiger partial charge in [-0.25, -0.2) is 13.3 Å². The van der Waals surface area contributed by atoms with Crippen molar-refractivity contribution in [1.82, 2.24) is 19.4 Å². The van der Waals surface area contributed by atoms with Crippen molar-refractivity contribution < 1.29 is 8.78 Å². The number of halogens is 2. The zero-order chi connectivity index (χ0) is 18.3. The second kappa shape index (κ2) is 6.28. The number of pyridine rings is 1. The summed E-state index contributed by atoms with van der Waals surface area (Å²) >= 11 is 1.05. The maximum atomic E-state index is 14.1. The molecule has 4 aromatic rings. The Kier molecular flexibility index (Phi) is 3.93. The zero-order valence-electron chi connectivity index (χ0n) is 13.5. The first-order valence-electron chi connectivity index (χ1n) is 7.59. The van der Waals surface area contributed by atoms with Gasteiger partial charge in [-0.05, 0) is 18.2 Å². The van der Waals surface area contributed by atoms with E-state index >= 15 is 0 Å². The molecular formula is C18H11F2N5S. The van der Waals surface area contributed by atoms with Gasteiger partial charge in [-0.3, -0.25) is 4.68 Å². The van der Waals surface area contributed by atoms with Crippen LogP contribution in [-0.2, 0) is 7.05 Å². The van der Waals surface area contributed by atoms with Crippen LogP contribution in [0.5, 0.6) is 0 Å². The zero-order valence-corrected chi connectivity index (χ0v) is 14.3. The van der Waals surface area contributed by atoms with E-state index in [2.05, 4.69) is 16.3 Å². The third-order valence-corrected chi connectivity index (χ3v) is 4.94. The smallest absolute Gasteiger partial charge is 0.172 e. The van der Waals surface area contributed by atoms with E-state index in [-0.39, 0.29) is 4.90 Å². The molecule has 0 unspecified atom stereocenters. The van der Waals surface area contributed by atoms with E-state index in [1.165, 1.54) is 18.3 Å². The van der Waals surface area contributed by atoms with Gasteiger partial charge in [0, 0.05) is 35.5 Å². The fourth-order valence-corrected chi connectivity index (χ4v) is 3.71. The molecular weight excluding hydrogens is 356 g/mol. The van der Waals surface area contributed by atoms with Gasteiger partial charge in [0.25, 0.3) is 0 Å². The van der Waals surface area contributed by atoms with E-state index in [1.54, 1.807) is 21.6 Å². The topological polar surface area (TPSA) is 58.9 Å². The van der Waals surface area contributed by atoms with Crippen molar-refractivity contribution in [3.63, 3.8) is 0 Å². The van der Waals surface area contributed by atoms with Crippen LogP contribution in [0.15, 0.2) is 58.8 Å². The van der Waals surface area contributed by atoms with Gasteiger partial charge in [-0.2, -0.15) is 15.5 Å². The minimum atomic E-state index is -0.916. The number of hydrogen-bond acceptors (Lipinski definition) is 4. The Balaban J connectivity index is 1.92. The predicted molar refractivity (Wildman–Crippen MR) is 92.6 cm³/mol. The minimum Gasteiger partial charge on any atom is -0.275 e. The Hall–Kier alpha value is -3.18. The first kappa shape index (κ1) is 16.3. The highest BCUT2D eigenvalue weighted by atomic mass is 32.2. The van der Waals surface area contributed by atoms with E-state index in [4.69, 9.17) is 0 Å². The first-order valence-corrected chi connectivity index (χ1v) is 8.41. The van der Waals surface area contributed by atoms with Crippen molar-refractivity contribution in [1.29, 1.82) is 5.26 Å². The molecule has 0 saturated carbocycles. The Morgan fingerprint density at radius 3 is 2.65 bits per heavy atom. The lowest BCUT2D eigenvalue weighted by atomic mass is 10.1. The number of fused-ring (bicyclic) bond motifs is 1. The molecule has 0 spiro atoms. The fourth-order valence-electron chi connectivity index (χ4n) is 2.65. The highest BCUT2D eigenvalue weighted by Gasteiger charge is 2.16. The van der Waals surface area contributed by atoms with Gasteiger partial charge in [0.2, 0.25) is 0 Å². The lowest BCUT2D eigenvalue weighted by Gasteiger charge is -2.09. The van der Waals surface area contributed by atoms with Crippen LogP contribution in [0.3, 0.4) is 0 Å². The Morgan fingerprint density at radius 1 is 1.08 bits per heavy atom. The molecule has 0 fully saturated rings. The summed E-state index contributed by atoms with van der Waals surface area (Å²) in [6.45, 7) is 0. The fraction of sp³-hybridized carbons (Fsp3) is 0.0556. The molecule has 26 heavy (non-hydrogen) atoms. The highest BCUT2D eigenvalue weighted by Crippen LogP contribution is 2.37. The molecule has 0 N–H and O–H groups in total. The predicted octanol–water partition coefficient (Wildman–Crippen LogP) is 4.04.